The fourth-order valence-electron chi connectivity index (χ4n) is 1.39. The third kappa shape index (κ3) is 2.11. The zero-order valence-electron chi connectivity index (χ0n) is 9.28. The fraction of sp³-hybridized carbons (Fsp3) is 0.167. The molecular formula is C12H14N2O2. The van der Waals surface area contributed by atoms with Gasteiger partial charge < -0.3 is 10.7 Å². The van der Waals surface area contributed by atoms with Crippen LogP contribution in [0.5, 0.6) is 0 Å². The highest BCUT2D eigenvalue weighted by Crippen LogP contribution is 2.17. The molecule has 0 bridgehead atoms. The van der Waals surface area contributed by atoms with Crippen molar-refractivity contribution in [3.63, 3.8) is 0 Å². The zero-order chi connectivity index (χ0) is 12.1. The Morgan fingerprint density at radius 3 is 2.44 bits per heavy atom. The second-order valence-electron chi connectivity index (χ2n) is 2.94. The predicted octanol–water partition coefficient (Wildman–Crippen LogP) is 1.86. The van der Waals surface area contributed by atoms with Crippen LogP contribution in [0.25, 0.3) is 10.9 Å². The minimum atomic E-state index is -0.935. The molecule has 4 heteroatoms. The quantitative estimate of drug-likeness (QED) is 0.596. The van der Waals surface area contributed by atoms with Gasteiger partial charge >= 0.3 is 0 Å². The first kappa shape index (κ1) is 12.0. The van der Waals surface area contributed by atoms with Crippen LogP contribution in [-0.2, 0) is 4.79 Å². The number of primary amides is 1. The van der Waals surface area contributed by atoms with Crippen molar-refractivity contribution in [1.29, 1.82) is 0 Å². The molecule has 0 aliphatic rings. The molecule has 1 heterocycles. The molecule has 1 aromatic heterocycles. The van der Waals surface area contributed by atoms with Crippen LogP contribution in [0.15, 0.2) is 30.5 Å². The number of hydrogen-bond acceptors (Lipinski definition) is 2. The molecule has 0 fully saturated rings. The molecule has 16 heavy (non-hydrogen) atoms. The number of H-pyrrole nitrogens is 1. The highest BCUT2D eigenvalue weighted by molar-refractivity contribution is 6.44. The molecule has 0 saturated heterocycles. The van der Waals surface area contributed by atoms with Gasteiger partial charge in [0.05, 0.1) is 5.56 Å². The molecule has 2 aromatic rings. The summed E-state index contributed by atoms with van der Waals surface area (Å²) in [4.78, 5) is 24.9. The zero-order valence-corrected chi connectivity index (χ0v) is 9.28. The number of amides is 1. The Bertz CT molecular complexity index is 514. The second-order valence-corrected chi connectivity index (χ2v) is 2.94. The molecule has 1 amide bonds. The number of rotatable bonds is 2. The van der Waals surface area contributed by atoms with Gasteiger partial charge in [-0.2, -0.15) is 0 Å². The molecule has 2 rings (SSSR count). The van der Waals surface area contributed by atoms with Crippen molar-refractivity contribution in [2.75, 3.05) is 0 Å². The molecule has 4 nitrogen and oxygen atoms in total. The number of aromatic amines is 1. The molecule has 0 radical (unpaired) electrons. The third-order valence-corrected chi connectivity index (χ3v) is 2.06. The number of carbonyl (C=O) groups excluding carboxylic acids is 2. The van der Waals surface area contributed by atoms with Gasteiger partial charge in [0.15, 0.2) is 0 Å². The SMILES string of the molecule is CC.NC(=O)C(=O)c1c[nH]c2ccccc12. The minimum Gasteiger partial charge on any atom is -0.363 e. The molecule has 84 valence electrons. The molecule has 0 saturated carbocycles. The molecule has 0 aliphatic carbocycles. The average molecular weight is 218 g/mol. The number of fused-ring (bicyclic) bond motifs is 1. The lowest BCUT2D eigenvalue weighted by Crippen LogP contribution is -2.22. The third-order valence-electron chi connectivity index (χ3n) is 2.06. The largest absolute Gasteiger partial charge is 0.363 e. The normalized spacial score (nSPS) is 9.38. The number of hydrogen-bond donors (Lipinski definition) is 2. The fourth-order valence-corrected chi connectivity index (χ4v) is 1.39. The smallest absolute Gasteiger partial charge is 0.289 e. The van der Waals surface area contributed by atoms with Gasteiger partial charge in [0, 0.05) is 17.1 Å². The molecule has 0 atom stereocenters. The number of ketones is 1. The first-order valence-electron chi connectivity index (χ1n) is 5.10. The van der Waals surface area contributed by atoms with Gasteiger partial charge in [-0.15, -0.1) is 0 Å². The predicted molar refractivity (Wildman–Crippen MR) is 63.2 cm³/mol. The van der Waals surface area contributed by atoms with Gasteiger partial charge in [-0.25, -0.2) is 0 Å². The summed E-state index contributed by atoms with van der Waals surface area (Å²) in [5, 5.41) is 0.719. The Morgan fingerprint density at radius 2 is 1.81 bits per heavy atom. The minimum absolute atomic E-state index is 0.327. The van der Waals surface area contributed by atoms with Gasteiger partial charge in [0.2, 0.25) is 0 Å². The number of para-hydroxylation sites is 1. The first-order chi connectivity index (χ1) is 7.70. The Hall–Kier alpha value is -2.10. The number of aromatic nitrogens is 1. The first-order valence-corrected chi connectivity index (χ1v) is 5.10. The average Bonchev–Trinajstić information content (AvgIpc) is 2.74. The van der Waals surface area contributed by atoms with Gasteiger partial charge in [0.25, 0.3) is 11.7 Å². The Morgan fingerprint density at radius 1 is 1.19 bits per heavy atom. The summed E-state index contributed by atoms with van der Waals surface area (Å²) < 4.78 is 0. The summed E-state index contributed by atoms with van der Waals surface area (Å²) in [5.74, 6) is -1.60. The van der Waals surface area contributed by atoms with Crippen LogP contribution in [0.2, 0.25) is 0 Å². The van der Waals surface area contributed by atoms with Crippen molar-refractivity contribution < 1.29 is 9.59 Å². The van der Waals surface area contributed by atoms with E-state index in [4.69, 9.17) is 5.73 Å². The monoisotopic (exact) mass is 218 g/mol. The van der Waals surface area contributed by atoms with Crippen LogP contribution in [-0.4, -0.2) is 16.7 Å². The van der Waals surface area contributed by atoms with E-state index in [0.717, 1.165) is 10.9 Å². The maximum atomic E-state index is 11.3. The Labute approximate surface area is 93.5 Å². The summed E-state index contributed by atoms with van der Waals surface area (Å²) in [6.07, 6.45) is 1.50. The van der Waals surface area contributed by atoms with Crippen molar-refractivity contribution in [3.8, 4) is 0 Å². The van der Waals surface area contributed by atoms with E-state index in [1.54, 1.807) is 12.1 Å². The highest BCUT2D eigenvalue weighted by Gasteiger charge is 2.16. The molecular weight excluding hydrogens is 204 g/mol. The van der Waals surface area contributed by atoms with Crippen LogP contribution < -0.4 is 5.73 Å². The number of benzene rings is 1. The van der Waals surface area contributed by atoms with Crippen LogP contribution in [0.1, 0.15) is 24.2 Å². The molecule has 0 spiro atoms. The van der Waals surface area contributed by atoms with E-state index in [9.17, 15) is 9.59 Å². The lowest BCUT2D eigenvalue weighted by atomic mass is 10.1. The Balaban J connectivity index is 0.000000606. The highest BCUT2D eigenvalue weighted by atomic mass is 16.2. The van der Waals surface area contributed by atoms with Crippen LogP contribution in [0.3, 0.4) is 0 Å². The van der Waals surface area contributed by atoms with E-state index in [0.29, 0.717) is 5.56 Å². The number of nitrogens with one attached hydrogen (secondary N) is 1. The standard InChI is InChI=1S/C10H8N2O2.C2H6/c11-10(14)9(13)7-5-12-8-4-2-1-3-6(7)8;1-2/h1-5,12H,(H2,11,14);1-2H3. The maximum Gasteiger partial charge on any atom is 0.289 e. The van der Waals surface area contributed by atoms with Crippen molar-refractivity contribution in [2.45, 2.75) is 13.8 Å². The lowest BCUT2D eigenvalue weighted by molar-refractivity contribution is -0.114. The van der Waals surface area contributed by atoms with Crippen LogP contribution in [0, 0.1) is 0 Å². The number of nitrogens with two attached hydrogens (primary N) is 1. The summed E-state index contributed by atoms with van der Waals surface area (Å²) in [5.41, 5.74) is 6.06. The molecule has 0 aliphatic heterocycles. The van der Waals surface area contributed by atoms with Crippen molar-refractivity contribution >= 4 is 22.6 Å². The molecule has 3 N–H and O–H groups in total. The van der Waals surface area contributed by atoms with Gasteiger partial charge in [-0.3, -0.25) is 9.59 Å². The van der Waals surface area contributed by atoms with E-state index in [1.807, 2.05) is 26.0 Å². The van der Waals surface area contributed by atoms with Gasteiger partial charge in [-0.1, -0.05) is 32.0 Å². The summed E-state index contributed by atoms with van der Waals surface area (Å²) >= 11 is 0. The molecule has 1 aromatic carbocycles. The van der Waals surface area contributed by atoms with E-state index >= 15 is 0 Å². The lowest BCUT2D eigenvalue weighted by Gasteiger charge is -1.92. The van der Waals surface area contributed by atoms with E-state index in [1.165, 1.54) is 6.20 Å². The summed E-state index contributed by atoms with van der Waals surface area (Å²) in [7, 11) is 0. The van der Waals surface area contributed by atoms with Crippen LogP contribution in [0.4, 0.5) is 0 Å². The van der Waals surface area contributed by atoms with E-state index < -0.39 is 11.7 Å². The van der Waals surface area contributed by atoms with Crippen LogP contribution >= 0.6 is 0 Å². The van der Waals surface area contributed by atoms with E-state index in [2.05, 4.69) is 4.98 Å². The van der Waals surface area contributed by atoms with Crippen molar-refractivity contribution in [3.05, 3.63) is 36.0 Å². The summed E-state index contributed by atoms with van der Waals surface area (Å²) in [6, 6.07) is 7.24. The Kier molecular flexibility index (Phi) is 3.83. The van der Waals surface area contributed by atoms with Gasteiger partial charge in [-0.05, 0) is 6.07 Å². The van der Waals surface area contributed by atoms with Gasteiger partial charge in [0.1, 0.15) is 0 Å². The van der Waals surface area contributed by atoms with E-state index in [-0.39, 0.29) is 0 Å². The maximum absolute atomic E-state index is 11.3. The molecule has 0 unspecified atom stereocenters. The second kappa shape index (κ2) is 5.11. The van der Waals surface area contributed by atoms with Crippen molar-refractivity contribution in [1.82, 2.24) is 4.98 Å². The number of Topliss-reactive ketones (excluding diaryl/α,β-unsaturated/α-hetero) is 1. The number of carbonyl (C=O) groups is 2. The topological polar surface area (TPSA) is 76.0 Å². The summed E-state index contributed by atoms with van der Waals surface area (Å²) in [6.45, 7) is 4.00. The van der Waals surface area contributed by atoms with Crippen molar-refractivity contribution in [2.24, 2.45) is 5.73 Å².